The Bertz CT molecular complexity index is 1250. The van der Waals surface area contributed by atoms with E-state index in [0.29, 0.717) is 34.5 Å². The number of nitrogens with zero attached hydrogens (tertiary/aromatic N) is 3. The van der Waals surface area contributed by atoms with Crippen LogP contribution in [0.15, 0.2) is 77.9 Å². The van der Waals surface area contributed by atoms with E-state index in [2.05, 4.69) is 11.1 Å². The molecule has 0 atom stereocenters. The second-order valence-corrected chi connectivity index (χ2v) is 6.22. The van der Waals surface area contributed by atoms with Gasteiger partial charge in [0, 0.05) is 6.07 Å². The molecule has 0 fully saturated rings. The molecule has 0 amide bonds. The van der Waals surface area contributed by atoms with Gasteiger partial charge in [-0.25, -0.2) is 4.98 Å². The number of phenols is 1. The molecule has 6 heteroatoms. The number of nitriles is 1. The summed E-state index contributed by atoms with van der Waals surface area (Å²) in [6.45, 7) is 0.311. The molecule has 0 saturated carbocycles. The molecule has 0 unspecified atom stereocenters. The van der Waals surface area contributed by atoms with E-state index < -0.39 is 0 Å². The summed E-state index contributed by atoms with van der Waals surface area (Å²) in [5, 5.41) is 18.8. The molecule has 4 rings (SSSR count). The SMILES string of the molecule is N#Cc1cccc(COc2ccc3c(=O)n(-c4ccc(O)cc4)cnc3c2)c1. The van der Waals surface area contributed by atoms with Gasteiger partial charge in [-0.3, -0.25) is 9.36 Å². The Kier molecular flexibility index (Phi) is 4.48. The van der Waals surface area contributed by atoms with Gasteiger partial charge >= 0.3 is 0 Å². The highest BCUT2D eigenvalue weighted by Crippen LogP contribution is 2.19. The summed E-state index contributed by atoms with van der Waals surface area (Å²) in [7, 11) is 0. The zero-order chi connectivity index (χ0) is 19.5. The lowest BCUT2D eigenvalue weighted by atomic mass is 10.1. The second kappa shape index (κ2) is 7.25. The molecule has 0 aliphatic rings. The van der Waals surface area contributed by atoms with Crippen molar-refractivity contribution < 1.29 is 9.84 Å². The lowest BCUT2D eigenvalue weighted by Gasteiger charge is -2.09. The first-order valence-corrected chi connectivity index (χ1v) is 8.57. The minimum atomic E-state index is -0.205. The van der Waals surface area contributed by atoms with Crippen molar-refractivity contribution in [1.29, 1.82) is 5.26 Å². The first-order chi connectivity index (χ1) is 13.6. The first kappa shape index (κ1) is 17.3. The fourth-order valence-corrected chi connectivity index (χ4v) is 2.89. The van der Waals surface area contributed by atoms with E-state index in [9.17, 15) is 9.90 Å². The Morgan fingerprint density at radius 3 is 2.68 bits per heavy atom. The zero-order valence-corrected chi connectivity index (χ0v) is 14.7. The zero-order valence-electron chi connectivity index (χ0n) is 14.7. The molecule has 4 aromatic rings. The van der Waals surface area contributed by atoms with Crippen LogP contribution >= 0.6 is 0 Å². The van der Waals surface area contributed by atoms with Crippen molar-refractivity contribution in [2.45, 2.75) is 6.61 Å². The van der Waals surface area contributed by atoms with Gasteiger partial charge in [0.2, 0.25) is 0 Å². The van der Waals surface area contributed by atoms with Gasteiger partial charge in [0.05, 0.1) is 28.2 Å². The van der Waals surface area contributed by atoms with E-state index in [-0.39, 0.29) is 11.3 Å². The number of phenolic OH excluding ortho intramolecular Hbond substituents is 1. The highest BCUT2D eigenvalue weighted by Gasteiger charge is 2.08. The summed E-state index contributed by atoms with van der Waals surface area (Å²) in [6, 6.07) is 20.8. The van der Waals surface area contributed by atoms with Gasteiger partial charge in [-0.2, -0.15) is 5.26 Å². The predicted octanol–water partition coefficient (Wildman–Crippen LogP) is 3.54. The van der Waals surface area contributed by atoms with Crippen molar-refractivity contribution in [3.8, 4) is 23.3 Å². The summed E-state index contributed by atoms with van der Waals surface area (Å²) < 4.78 is 7.21. The number of rotatable bonds is 4. The standard InChI is InChI=1S/C22H15N3O3/c23-12-15-2-1-3-16(10-15)13-28-19-8-9-20-21(11-19)24-14-25(22(20)27)17-4-6-18(26)7-5-17/h1-11,14,26H,13H2. The molecule has 0 aliphatic carbocycles. The Labute approximate surface area is 160 Å². The maximum Gasteiger partial charge on any atom is 0.265 e. The van der Waals surface area contributed by atoms with Gasteiger partial charge in [0.25, 0.3) is 5.56 Å². The fraction of sp³-hybridized carbons (Fsp3) is 0.0455. The highest BCUT2D eigenvalue weighted by atomic mass is 16.5. The predicted molar refractivity (Wildman–Crippen MR) is 104 cm³/mol. The first-order valence-electron chi connectivity index (χ1n) is 8.57. The van der Waals surface area contributed by atoms with Crippen molar-refractivity contribution in [3.63, 3.8) is 0 Å². The second-order valence-electron chi connectivity index (χ2n) is 6.22. The number of hydrogen-bond donors (Lipinski definition) is 1. The molecule has 0 spiro atoms. The van der Waals surface area contributed by atoms with Crippen LogP contribution in [0.5, 0.6) is 11.5 Å². The average molecular weight is 369 g/mol. The quantitative estimate of drug-likeness (QED) is 0.594. The normalized spacial score (nSPS) is 10.5. The number of aromatic nitrogens is 2. The molecule has 0 saturated heterocycles. The van der Waals surface area contributed by atoms with E-state index >= 15 is 0 Å². The molecule has 1 aromatic heterocycles. The van der Waals surface area contributed by atoms with Crippen LogP contribution in [0.1, 0.15) is 11.1 Å². The van der Waals surface area contributed by atoms with Gasteiger partial charge < -0.3 is 9.84 Å². The van der Waals surface area contributed by atoms with Crippen molar-refractivity contribution in [1.82, 2.24) is 9.55 Å². The number of aromatic hydroxyl groups is 1. The summed E-state index contributed by atoms with van der Waals surface area (Å²) in [4.78, 5) is 17.1. The van der Waals surface area contributed by atoms with Crippen LogP contribution in [0, 0.1) is 11.3 Å². The Morgan fingerprint density at radius 2 is 1.89 bits per heavy atom. The van der Waals surface area contributed by atoms with Crippen LogP contribution in [-0.4, -0.2) is 14.7 Å². The molecule has 1 heterocycles. The average Bonchev–Trinajstić information content (AvgIpc) is 2.73. The van der Waals surface area contributed by atoms with Crippen molar-refractivity contribution >= 4 is 10.9 Å². The Balaban J connectivity index is 1.61. The Morgan fingerprint density at radius 1 is 1.07 bits per heavy atom. The van der Waals surface area contributed by atoms with Gasteiger partial charge in [0.1, 0.15) is 24.4 Å². The molecule has 28 heavy (non-hydrogen) atoms. The van der Waals surface area contributed by atoms with Crippen molar-refractivity contribution in [2.24, 2.45) is 0 Å². The summed E-state index contributed by atoms with van der Waals surface area (Å²) >= 11 is 0. The van der Waals surface area contributed by atoms with Crippen molar-refractivity contribution in [2.75, 3.05) is 0 Å². The molecule has 6 nitrogen and oxygen atoms in total. The van der Waals surface area contributed by atoms with Crippen LogP contribution in [-0.2, 0) is 6.61 Å². The number of hydrogen-bond acceptors (Lipinski definition) is 5. The lowest BCUT2D eigenvalue weighted by molar-refractivity contribution is 0.306. The van der Waals surface area contributed by atoms with Gasteiger partial charge in [-0.05, 0) is 54.1 Å². The van der Waals surface area contributed by atoms with E-state index in [1.54, 1.807) is 42.5 Å². The highest BCUT2D eigenvalue weighted by molar-refractivity contribution is 5.79. The Hall–Kier alpha value is -4.11. The van der Waals surface area contributed by atoms with E-state index in [0.717, 1.165) is 5.56 Å². The number of benzene rings is 3. The molecular formula is C22H15N3O3. The third-order valence-corrected chi connectivity index (χ3v) is 4.32. The third-order valence-electron chi connectivity index (χ3n) is 4.32. The van der Waals surface area contributed by atoms with Crippen LogP contribution < -0.4 is 10.3 Å². The smallest absolute Gasteiger partial charge is 0.265 e. The van der Waals surface area contributed by atoms with Gasteiger partial charge in [-0.1, -0.05) is 12.1 Å². The third kappa shape index (κ3) is 3.41. The maximum absolute atomic E-state index is 12.8. The molecular weight excluding hydrogens is 354 g/mol. The van der Waals surface area contributed by atoms with Gasteiger partial charge in [0.15, 0.2) is 0 Å². The molecule has 3 aromatic carbocycles. The molecule has 136 valence electrons. The van der Waals surface area contributed by atoms with Crippen molar-refractivity contribution in [3.05, 3.63) is 94.5 Å². The number of fused-ring (bicyclic) bond motifs is 1. The van der Waals surface area contributed by atoms with E-state index in [1.165, 1.54) is 23.0 Å². The molecule has 0 bridgehead atoms. The molecule has 1 N–H and O–H groups in total. The van der Waals surface area contributed by atoms with Gasteiger partial charge in [-0.15, -0.1) is 0 Å². The topological polar surface area (TPSA) is 88.1 Å². The van der Waals surface area contributed by atoms with E-state index in [1.807, 2.05) is 12.1 Å². The summed E-state index contributed by atoms with van der Waals surface area (Å²) in [5.74, 6) is 0.719. The lowest BCUT2D eigenvalue weighted by Crippen LogP contribution is -2.18. The van der Waals surface area contributed by atoms with E-state index in [4.69, 9.17) is 10.00 Å². The molecule has 0 aliphatic heterocycles. The minimum Gasteiger partial charge on any atom is -0.508 e. The summed E-state index contributed by atoms with van der Waals surface area (Å²) in [6.07, 6.45) is 1.46. The monoisotopic (exact) mass is 369 g/mol. The minimum absolute atomic E-state index is 0.132. The summed E-state index contributed by atoms with van der Waals surface area (Å²) in [5.41, 5.74) is 2.41. The van der Waals surface area contributed by atoms with Crippen LogP contribution in [0.25, 0.3) is 16.6 Å². The van der Waals surface area contributed by atoms with Crippen LogP contribution in [0.3, 0.4) is 0 Å². The largest absolute Gasteiger partial charge is 0.508 e. The number of ether oxygens (including phenoxy) is 1. The van der Waals surface area contributed by atoms with Crippen LogP contribution in [0.4, 0.5) is 0 Å². The maximum atomic E-state index is 12.8. The van der Waals surface area contributed by atoms with Crippen LogP contribution in [0.2, 0.25) is 0 Å². The fourth-order valence-electron chi connectivity index (χ4n) is 2.89. The molecule has 0 radical (unpaired) electrons.